The average molecular weight is 637 g/mol. The Bertz CT molecular complexity index is 2190. The SMILES string of the molecule is Cn1c(=O)n(-c2ccc(C[C@H](NC(=O)c3cc(F)c(NS(=O)(=O)c4ccccc4)cc3F)C(=O)O)nc2)c(=O)c2ccncc21. The van der Waals surface area contributed by atoms with E-state index in [9.17, 15) is 41.5 Å². The minimum Gasteiger partial charge on any atom is -0.480 e. The molecule has 0 aliphatic rings. The lowest BCUT2D eigenvalue weighted by molar-refractivity contribution is -0.139. The molecule has 13 nitrogen and oxygen atoms in total. The molecule has 3 N–H and O–H groups in total. The Morgan fingerprint density at radius 2 is 1.73 bits per heavy atom. The summed E-state index contributed by atoms with van der Waals surface area (Å²) in [6, 6.07) is 10.4. The van der Waals surface area contributed by atoms with Crippen LogP contribution in [0.3, 0.4) is 0 Å². The highest BCUT2D eigenvalue weighted by Gasteiger charge is 2.26. The number of fused-ring (bicyclic) bond motifs is 1. The Labute approximate surface area is 252 Å². The lowest BCUT2D eigenvalue weighted by Gasteiger charge is -2.16. The number of nitrogens with one attached hydrogen (secondary N) is 2. The number of pyridine rings is 2. The second-order valence-corrected chi connectivity index (χ2v) is 11.4. The van der Waals surface area contributed by atoms with Crippen molar-refractivity contribution in [3.63, 3.8) is 0 Å². The first-order chi connectivity index (χ1) is 21.4. The predicted molar refractivity (Wildman–Crippen MR) is 157 cm³/mol. The summed E-state index contributed by atoms with van der Waals surface area (Å²) < 4.78 is 58.7. The molecular weight excluding hydrogens is 614 g/mol. The molecule has 0 radical (unpaired) electrons. The third-order valence-electron chi connectivity index (χ3n) is 6.76. The maximum absolute atomic E-state index is 14.9. The molecule has 0 aliphatic heterocycles. The fourth-order valence-electron chi connectivity index (χ4n) is 4.44. The first-order valence-electron chi connectivity index (χ1n) is 13.0. The largest absolute Gasteiger partial charge is 0.480 e. The first kappa shape index (κ1) is 30.7. The number of carbonyl (C=O) groups is 2. The summed E-state index contributed by atoms with van der Waals surface area (Å²) in [4.78, 5) is 58.4. The Hall–Kier alpha value is -5.77. The molecule has 0 saturated heterocycles. The van der Waals surface area contributed by atoms with Gasteiger partial charge < -0.3 is 10.4 Å². The Morgan fingerprint density at radius 1 is 1.00 bits per heavy atom. The lowest BCUT2D eigenvalue weighted by Crippen LogP contribution is -2.42. The Morgan fingerprint density at radius 3 is 2.40 bits per heavy atom. The molecule has 1 amide bonds. The molecule has 0 spiro atoms. The van der Waals surface area contributed by atoms with Gasteiger partial charge in [0.25, 0.3) is 21.5 Å². The number of aliphatic carboxylic acids is 1. The van der Waals surface area contributed by atoms with Crippen molar-refractivity contribution >= 4 is 38.5 Å². The Balaban J connectivity index is 1.34. The zero-order valence-electron chi connectivity index (χ0n) is 23.1. The molecule has 0 bridgehead atoms. The molecule has 0 aliphatic carbocycles. The maximum atomic E-state index is 14.9. The monoisotopic (exact) mass is 636 g/mol. The number of carboxylic acids is 1. The number of rotatable bonds is 9. The van der Waals surface area contributed by atoms with Crippen LogP contribution in [0, 0.1) is 11.6 Å². The van der Waals surface area contributed by atoms with Crippen LogP contribution in [0.4, 0.5) is 14.5 Å². The number of hydrogen-bond donors (Lipinski definition) is 3. The number of carboxylic acid groups (broad SMARTS) is 1. The Kier molecular flexibility index (Phi) is 8.24. The van der Waals surface area contributed by atoms with Crippen LogP contribution in [0.5, 0.6) is 0 Å². The molecular formula is C29H22F2N6O7S. The van der Waals surface area contributed by atoms with E-state index in [0.717, 1.165) is 4.57 Å². The third kappa shape index (κ3) is 6.16. The van der Waals surface area contributed by atoms with Crippen molar-refractivity contribution in [1.82, 2.24) is 24.4 Å². The van der Waals surface area contributed by atoms with Crippen molar-refractivity contribution in [1.29, 1.82) is 0 Å². The molecule has 3 heterocycles. The van der Waals surface area contributed by atoms with E-state index in [-0.39, 0.29) is 21.7 Å². The van der Waals surface area contributed by atoms with Gasteiger partial charge in [-0.2, -0.15) is 0 Å². The lowest BCUT2D eigenvalue weighted by atomic mass is 10.1. The zero-order chi connectivity index (χ0) is 32.5. The van der Waals surface area contributed by atoms with E-state index >= 15 is 0 Å². The van der Waals surface area contributed by atoms with Crippen molar-refractivity contribution in [3.05, 3.63) is 123 Å². The number of halogens is 2. The number of anilines is 1. The van der Waals surface area contributed by atoms with Crippen molar-refractivity contribution < 1.29 is 31.9 Å². The first-order valence-corrected chi connectivity index (χ1v) is 14.5. The summed E-state index contributed by atoms with van der Waals surface area (Å²) in [5, 5.41) is 12.0. The molecule has 230 valence electrons. The molecule has 2 aromatic carbocycles. The number of benzene rings is 2. The van der Waals surface area contributed by atoms with Crippen LogP contribution < -0.4 is 21.3 Å². The highest BCUT2D eigenvalue weighted by atomic mass is 32.2. The minimum absolute atomic E-state index is 0.0968. The normalized spacial score (nSPS) is 12.1. The highest BCUT2D eigenvalue weighted by molar-refractivity contribution is 7.92. The summed E-state index contributed by atoms with van der Waals surface area (Å²) in [6.07, 6.45) is 3.56. The van der Waals surface area contributed by atoms with Crippen LogP contribution in [0.1, 0.15) is 16.1 Å². The van der Waals surface area contributed by atoms with E-state index in [2.05, 4.69) is 15.3 Å². The second kappa shape index (κ2) is 12.1. The summed E-state index contributed by atoms with van der Waals surface area (Å²) in [6.45, 7) is 0. The van der Waals surface area contributed by atoms with E-state index < -0.39 is 68.5 Å². The number of carbonyl (C=O) groups excluding carboxylic acids is 1. The van der Waals surface area contributed by atoms with Gasteiger partial charge in [0, 0.05) is 31.4 Å². The van der Waals surface area contributed by atoms with Crippen molar-refractivity contribution in [2.75, 3.05) is 4.72 Å². The summed E-state index contributed by atoms with van der Waals surface area (Å²) in [5.41, 5.74) is -2.37. The maximum Gasteiger partial charge on any atom is 0.335 e. The summed E-state index contributed by atoms with van der Waals surface area (Å²) >= 11 is 0. The van der Waals surface area contributed by atoms with Gasteiger partial charge >= 0.3 is 11.7 Å². The molecule has 0 fully saturated rings. The van der Waals surface area contributed by atoms with Gasteiger partial charge in [0.2, 0.25) is 0 Å². The van der Waals surface area contributed by atoms with Gasteiger partial charge in [-0.3, -0.25) is 28.8 Å². The van der Waals surface area contributed by atoms with Crippen molar-refractivity contribution in [2.45, 2.75) is 17.4 Å². The number of aromatic nitrogens is 4. The molecule has 16 heteroatoms. The third-order valence-corrected chi connectivity index (χ3v) is 8.14. The van der Waals surface area contributed by atoms with Gasteiger partial charge in [-0.15, -0.1) is 0 Å². The van der Waals surface area contributed by atoms with E-state index in [1.54, 1.807) is 6.07 Å². The fourth-order valence-corrected chi connectivity index (χ4v) is 5.52. The predicted octanol–water partition coefficient (Wildman–Crippen LogP) is 1.98. The van der Waals surface area contributed by atoms with Crippen LogP contribution >= 0.6 is 0 Å². The zero-order valence-corrected chi connectivity index (χ0v) is 24.0. The van der Waals surface area contributed by atoms with E-state index in [1.807, 2.05) is 4.72 Å². The van der Waals surface area contributed by atoms with Crippen LogP contribution in [0.25, 0.3) is 16.6 Å². The van der Waals surface area contributed by atoms with Crippen LogP contribution in [-0.2, 0) is 28.3 Å². The van der Waals surface area contributed by atoms with Gasteiger partial charge in [0.05, 0.1) is 45.1 Å². The van der Waals surface area contributed by atoms with Crippen LogP contribution in [-0.4, -0.2) is 50.5 Å². The molecule has 0 saturated carbocycles. The number of amides is 1. The summed E-state index contributed by atoms with van der Waals surface area (Å²) in [7, 11) is -2.80. The molecule has 5 aromatic rings. The van der Waals surface area contributed by atoms with Crippen LogP contribution in [0.15, 0.2) is 93.7 Å². The van der Waals surface area contributed by atoms with Gasteiger partial charge in [-0.25, -0.2) is 31.4 Å². The quantitative estimate of drug-likeness (QED) is 0.218. The number of sulfonamides is 1. The fraction of sp³-hybridized carbons (Fsp3) is 0.103. The minimum atomic E-state index is -4.27. The molecule has 3 aromatic heterocycles. The van der Waals surface area contributed by atoms with E-state index in [1.165, 1.54) is 72.7 Å². The summed E-state index contributed by atoms with van der Waals surface area (Å²) in [5.74, 6) is -5.40. The van der Waals surface area contributed by atoms with E-state index in [4.69, 9.17) is 0 Å². The highest BCUT2D eigenvalue weighted by Crippen LogP contribution is 2.23. The van der Waals surface area contributed by atoms with Gasteiger partial charge in [-0.05, 0) is 36.4 Å². The molecule has 45 heavy (non-hydrogen) atoms. The van der Waals surface area contributed by atoms with Gasteiger partial charge in [-0.1, -0.05) is 18.2 Å². The van der Waals surface area contributed by atoms with E-state index in [0.29, 0.717) is 17.6 Å². The smallest absolute Gasteiger partial charge is 0.335 e. The van der Waals surface area contributed by atoms with Crippen molar-refractivity contribution in [3.8, 4) is 5.69 Å². The van der Waals surface area contributed by atoms with Gasteiger partial charge in [0.1, 0.15) is 17.7 Å². The average Bonchev–Trinajstić information content (AvgIpc) is 3.02. The van der Waals surface area contributed by atoms with Gasteiger partial charge in [0.15, 0.2) is 0 Å². The molecule has 5 rings (SSSR count). The molecule has 0 unspecified atom stereocenters. The number of nitrogens with zero attached hydrogens (tertiary/aromatic N) is 4. The standard InChI is InChI=1S/C29H22F2N6O7S/c1-36-25-15-32-10-9-19(25)27(39)37(29(36)42)17-8-7-16(33-14-17)11-24(28(40)41)34-26(38)20-12-22(31)23(13-21(20)30)35-45(43,44)18-5-3-2-4-6-18/h2-10,12-15,24,35H,11H2,1H3,(H,34,38)(H,40,41)/t24-/m0/s1. The number of aryl methyl sites for hydroxylation is 1. The second-order valence-electron chi connectivity index (χ2n) is 9.68. The van der Waals surface area contributed by atoms with Crippen molar-refractivity contribution in [2.24, 2.45) is 7.05 Å². The van der Waals surface area contributed by atoms with Crippen LogP contribution in [0.2, 0.25) is 0 Å². The number of hydrogen-bond acceptors (Lipinski definition) is 8. The molecule has 1 atom stereocenters. The topological polar surface area (TPSA) is 182 Å².